The monoisotopic (exact) mass is 368 g/mol. The maximum atomic E-state index is 12.0. The Morgan fingerprint density at radius 3 is 2.33 bits per heavy atom. The number of amides is 2. The van der Waals surface area contributed by atoms with Crippen LogP contribution in [-0.2, 0) is 22.4 Å². The summed E-state index contributed by atoms with van der Waals surface area (Å²) in [6.07, 6.45) is 3.13. The van der Waals surface area contributed by atoms with Gasteiger partial charge in [-0.3, -0.25) is 9.59 Å². The second-order valence-electron chi connectivity index (χ2n) is 6.39. The summed E-state index contributed by atoms with van der Waals surface area (Å²) in [5, 5.41) is 5.47. The summed E-state index contributed by atoms with van der Waals surface area (Å²) in [6.45, 7) is 3.37. The van der Waals surface area contributed by atoms with E-state index in [1.54, 1.807) is 0 Å². The Morgan fingerprint density at radius 1 is 0.889 bits per heavy atom. The standard InChI is InChI=1S/C22H28N2O3/c1-2-3-15-27-20-11-9-19(10-12-20)16-21(25)24-17-22(26)23-14-13-18-7-5-4-6-8-18/h4-12H,2-3,13-17H2,1H3,(H,23,26)(H,24,25). The van der Waals surface area contributed by atoms with Gasteiger partial charge in [-0.05, 0) is 36.1 Å². The zero-order valence-corrected chi connectivity index (χ0v) is 15.9. The first-order chi connectivity index (χ1) is 13.2. The van der Waals surface area contributed by atoms with E-state index in [0.29, 0.717) is 13.2 Å². The van der Waals surface area contributed by atoms with Crippen LogP contribution in [0.4, 0.5) is 0 Å². The molecule has 0 heterocycles. The first kappa shape index (κ1) is 20.5. The van der Waals surface area contributed by atoms with E-state index in [-0.39, 0.29) is 24.8 Å². The number of rotatable bonds is 11. The molecule has 0 aliphatic heterocycles. The third kappa shape index (κ3) is 8.40. The maximum Gasteiger partial charge on any atom is 0.239 e. The zero-order valence-electron chi connectivity index (χ0n) is 15.9. The van der Waals surface area contributed by atoms with Crippen molar-refractivity contribution in [2.45, 2.75) is 32.6 Å². The minimum atomic E-state index is -0.182. The molecule has 0 radical (unpaired) electrons. The van der Waals surface area contributed by atoms with E-state index in [0.717, 1.165) is 30.6 Å². The highest BCUT2D eigenvalue weighted by Crippen LogP contribution is 2.13. The average Bonchev–Trinajstić information content (AvgIpc) is 2.69. The van der Waals surface area contributed by atoms with Crippen LogP contribution in [0.3, 0.4) is 0 Å². The number of carbonyl (C=O) groups is 2. The minimum Gasteiger partial charge on any atom is -0.494 e. The van der Waals surface area contributed by atoms with Gasteiger partial charge in [-0.15, -0.1) is 0 Å². The lowest BCUT2D eigenvalue weighted by Crippen LogP contribution is -2.38. The van der Waals surface area contributed by atoms with Gasteiger partial charge in [0.15, 0.2) is 0 Å². The Kier molecular flexibility index (Phi) is 8.90. The molecular formula is C22H28N2O3. The van der Waals surface area contributed by atoms with Crippen molar-refractivity contribution < 1.29 is 14.3 Å². The van der Waals surface area contributed by atoms with Gasteiger partial charge >= 0.3 is 0 Å². The van der Waals surface area contributed by atoms with Gasteiger partial charge in [-0.1, -0.05) is 55.8 Å². The Morgan fingerprint density at radius 2 is 1.63 bits per heavy atom. The van der Waals surface area contributed by atoms with Gasteiger partial charge in [0, 0.05) is 6.54 Å². The summed E-state index contributed by atoms with van der Waals surface area (Å²) in [5.74, 6) is 0.456. The molecule has 5 heteroatoms. The van der Waals surface area contributed by atoms with E-state index >= 15 is 0 Å². The second kappa shape index (κ2) is 11.7. The first-order valence-corrected chi connectivity index (χ1v) is 9.46. The molecule has 27 heavy (non-hydrogen) atoms. The molecule has 0 bridgehead atoms. The van der Waals surface area contributed by atoms with Gasteiger partial charge in [0.2, 0.25) is 11.8 Å². The van der Waals surface area contributed by atoms with E-state index in [4.69, 9.17) is 4.74 Å². The number of carbonyl (C=O) groups excluding carboxylic acids is 2. The fourth-order valence-electron chi connectivity index (χ4n) is 2.52. The predicted octanol–water partition coefficient (Wildman–Crippen LogP) is 2.88. The van der Waals surface area contributed by atoms with Crippen molar-refractivity contribution in [2.24, 2.45) is 0 Å². The molecule has 2 N–H and O–H groups in total. The lowest BCUT2D eigenvalue weighted by Gasteiger charge is -2.08. The van der Waals surface area contributed by atoms with Crippen LogP contribution in [0, 0.1) is 0 Å². The Balaban J connectivity index is 1.62. The number of ether oxygens (including phenoxy) is 1. The first-order valence-electron chi connectivity index (χ1n) is 9.46. The quantitative estimate of drug-likeness (QED) is 0.599. The summed E-state index contributed by atoms with van der Waals surface area (Å²) in [4.78, 5) is 23.8. The zero-order chi connectivity index (χ0) is 19.3. The summed E-state index contributed by atoms with van der Waals surface area (Å²) in [7, 11) is 0. The van der Waals surface area contributed by atoms with Crippen LogP contribution < -0.4 is 15.4 Å². The Hall–Kier alpha value is -2.82. The van der Waals surface area contributed by atoms with Crippen molar-refractivity contribution in [3.8, 4) is 5.75 Å². The normalized spacial score (nSPS) is 10.3. The topological polar surface area (TPSA) is 67.4 Å². The fraction of sp³-hybridized carbons (Fsp3) is 0.364. The van der Waals surface area contributed by atoms with Gasteiger partial charge in [0.25, 0.3) is 0 Å². The van der Waals surface area contributed by atoms with Crippen LogP contribution in [0.15, 0.2) is 54.6 Å². The highest BCUT2D eigenvalue weighted by atomic mass is 16.5. The number of nitrogens with one attached hydrogen (secondary N) is 2. The van der Waals surface area contributed by atoms with Crippen molar-refractivity contribution in [3.63, 3.8) is 0 Å². The molecule has 144 valence electrons. The summed E-state index contributed by atoms with van der Waals surface area (Å²) < 4.78 is 5.60. The molecule has 0 atom stereocenters. The summed E-state index contributed by atoms with van der Waals surface area (Å²) in [6, 6.07) is 17.4. The van der Waals surface area contributed by atoms with Crippen LogP contribution in [0.2, 0.25) is 0 Å². The average molecular weight is 368 g/mol. The van der Waals surface area contributed by atoms with Crippen LogP contribution in [0.25, 0.3) is 0 Å². The Bertz CT molecular complexity index is 699. The molecule has 5 nitrogen and oxygen atoms in total. The SMILES string of the molecule is CCCCOc1ccc(CC(=O)NCC(=O)NCCc2ccccc2)cc1. The Labute approximate surface area is 161 Å². The molecule has 0 aromatic heterocycles. The molecule has 0 aliphatic carbocycles. The van der Waals surface area contributed by atoms with E-state index < -0.39 is 0 Å². The molecule has 2 aromatic rings. The smallest absolute Gasteiger partial charge is 0.239 e. The molecule has 2 rings (SSSR count). The largest absolute Gasteiger partial charge is 0.494 e. The van der Waals surface area contributed by atoms with Crippen molar-refractivity contribution in [2.75, 3.05) is 19.7 Å². The lowest BCUT2D eigenvalue weighted by atomic mass is 10.1. The number of hydrogen-bond acceptors (Lipinski definition) is 3. The summed E-state index contributed by atoms with van der Waals surface area (Å²) in [5.41, 5.74) is 2.06. The van der Waals surface area contributed by atoms with Crippen LogP contribution in [-0.4, -0.2) is 31.5 Å². The molecule has 2 amide bonds. The second-order valence-corrected chi connectivity index (χ2v) is 6.39. The molecule has 0 aliphatic rings. The van der Waals surface area contributed by atoms with Gasteiger partial charge in [0.05, 0.1) is 19.6 Å². The maximum absolute atomic E-state index is 12.0. The molecule has 0 saturated carbocycles. The van der Waals surface area contributed by atoms with Gasteiger partial charge in [-0.2, -0.15) is 0 Å². The predicted molar refractivity (Wildman–Crippen MR) is 107 cm³/mol. The van der Waals surface area contributed by atoms with Crippen LogP contribution in [0.5, 0.6) is 5.75 Å². The molecular weight excluding hydrogens is 340 g/mol. The van der Waals surface area contributed by atoms with Gasteiger partial charge in [0.1, 0.15) is 5.75 Å². The van der Waals surface area contributed by atoms with Crippen LogP contribution in [0.1, 0.15) is 30.9 Å². The number of unbranched alkanes of at least 4 members (excludes halogenated alkanes) is 1. The summed E-state index contributed by atoms with van der Waals surface area (Å²) >= 11 is 0. The third-order valence-electron chi connectivity index (χ3n) is 4.08. The van der Waals surface area contributed by atoms with Crippen molar-refractivity contribution in [3.05, 3.63) is 65.7 Å². The van der Waals surface area contributed by atoms with Crippen molar-refractivity contribution in [1.82, 2.24) is 10.6 Å². The minimum absolute atomic E-state index is 0.00810. The van der Waals surface area contributed by atoms with Gasteiger partial charge in [-0.25, -0.2) is 0 Å². The number of hydrogen-bond donors (Lipinski definition) is 2. The molecule has 0 fully saturated rings. The molecule has 2 aromatic carbocycles. The molecule has 0 saturated heterocycles. The van der Waals surface area contributed by atoms with Crippen LogP contribution >= 0.6 is 0 Å². The fourth-order valence-corrected chi connectivity index (χ4v) is 2.52. The molecule has 0 unspecified atom stereocenters. The van der Waals surface area contributed by atoms with Gasteiger partial charge < -0.3 is 15.4 Å². The van der Waals surface area contributed by atoms with E-state index in [1.165, 1.54) is 5.56 Å². The van der Waals surface area contributed by atoms with Crippen molar-refractivity contribution >= 4 is 11.8 Å². The number of benzene rings is 2. The third-order valence-corrected chi connectivity index (χ3v) is 4.08. The highest BCUT2D eigenvalue weighted by molar-refractivity contribution is 5.85. The molecule has 0 spiro atoms. The van der Waals surface area contributed by atoms with E-state index in [1.807, 2.05) is 54.6 Å². The highest BCUT2D eigenvalue weighted by Gasteiger charge is 2.07. The van der Waals surface area contributed by atoms with E-state index in [9.17, 15) is 9.59 Å². The van der Waals surface area contributed by atoms with E-state index in [2.05, 4.69) is 17.6 Å². The lowest BCUT2D eigenvalue weighted by molar-refractivity contribution is -0.125. The van der Waals surface area contributed by atoms with Crippen molar-refractivity contribution in [1.29, 1.82) is 0 Å².